The van der Waals surface area contributed by atoms with Gasteiger partial charge < -0.3 is 5.73 Å². The van der Waals surface area contributed by atoms with E-state index < -0.39 is 0 Å². The summed E-state index contributed by atoms with van der Waals surface area (Å²) in [6.45, 7) is 0. The Bertz CT molecular complexity index is 581. The number of amides is 1. The molecule has 0 spiro atoms. The van der Waals surface area contributed by atoms with Gasteiger partial charge >= 0.3 is 0 Å². The fourth-order valence-electron chi connectivity index (χ4n) is 1.73. The molecule has 2 nitrogen and oxygen atoms in total. The molecule has 4 heteroatoms. The molecule has 0 atom stereocenters. The minimum absolute atomic E-state index is 0.378. The summed E-state index contributed by atoms with van der Waals surface area (Å²) >= 11 is 5.59. The lowest BCUT2D eigenvalue weighted by Crippen LogP contribution is -2.13. The smallest absolute Gasteiger partial charge is 0.249 e. The number of carbonyl (C=O) groups excluding carboxylic acids is 1. The SMILES string of the molecule is NC(=O)c1cccc(Cc2ccc(Br)cc2)c1I. The van der Waals surface area contributed by atoms with Crippen LogP contribution in [0.15, 0.2) is 46.9 Å². The molecule has 18 heavy (non-hydrogen) atoms. The second kappa shape index (κ2) is 5.84. The second-order valence-electron chi connectivity index (χ2n) is 3.95. The zero-order valence-electron chi connectivity index (χ0n) is 9.49. The van der Waals surface area contributed by atoms with Crippen LogP contribution in [0.3, 0.4) is 0 Å². The van der Waals surface area contributed by atoms with Gasteiger partial charge in [0, 0.05) is 8.04 Å². The highest BCUT2D eigenvalue weighted by molar-refractivity contribution is 14.1. The molecule has 0 saturated heterocycles. The van der Waals surface area contributed by atoms with Gasteiger partial charge in [-0.2, -0.15) is 0 Å². The molecule has 0 aliphatic carbocycles. The number of nitrogens with two attached hydrogens (primary N) is 1. The first-order valence-electron chi connectivity index (χ1n) is 5.39. The maximum absolute atomic E-state index is 11.3. The fourth-order valence-corrected chi connectivity index (χ4v) is 2.81. The fraction of sp³-hybridized carbons (Fsp3) is 0.0714. The molecule has 0 heterocycles. The van der Waals surface area contributed by atoms with Crippen LogP contribution >= 0.6 is 38.5 Å². The summed E-state index contributed by atoms with van der Waals surface area (Å²) in [6, 6.07) is 13.8. The van der Waals surface area contributed by atoms with Crippen molar-refractivity contribution >= 4 is 44.4 Å². The number of hydrogen-bond donors (Lipinski definition) is 1. The van der Waals surface area contributed by atoms with Crippen LogP contribution in [0.4, 0.5) is 0 Å². The lowest BCUT2D eigenvalue weighted by molar-refractivity contribution is 0.0999. The van der Waals surface area contributed by atoms with Crippen LogP contribution < -0.4 is 5.73 Å². The van der Waals surface area contributed by atoms with E-state index >= 15 is 0 Å². The molecule has 0 radical (unpaired) electrons. The van der Waals surface area contributed by atoms with Crippen LogP contribution in [0.2, 0.25) is 0 Å². The minimum Gasteiger partial charge on any atom is -0.366 e. The van der Waals surface area contributed by atoms with Crippen molar-refractivity contribution in [2.45, 2.75) is 6.42 Å². The molecule has 0 aliphatic rings. The first kappa shape index (κ1) is 13.5. The second-order valence-corrected chi connectivity index (χ2v) is 5.94. The quantitative estimate of drug-likeness (QED) is 0.762. The van der Waals surface area contributed by atoms with E-state index in [1.165, 1.54) is 5.56 Å². The summed E-state index contributed by atoms with van der Waals surface area (Å²) < 4.78 is 2.00. The molecular formula is C14H11BrINO. The van der Waals surface area contributed by atoms with Gasteiger partial charge in [0.05, 0.1) is 5.56 Å². The average Bonchev–Trinajstić information content (AvgIpc) is 2.34. The summed E-state index contributed by atoms with van der Waals surface area (Å²) in [5.74, 6) is -0.378. The molecule has 2 rings (SSSR count). The number of rotatable bonds is 3. The molecule has 92 valence electrons. The Morgan fingerprint density at radius 1 is 1.17 bits per heavy atom. The van der Waals surface area contributed by atoms with Crippen molar-refractivity contribution in [1.82, 2.24) is 0 Å². The third-order valence-electron chi connectivity index (χ3n) is 2.65. The van der Waals surface area contributed by atoms with Gasteiger partial charge in [-0.3, -0.25) is 4.79 Å². The Morgan fingerprint density at radius 2 is 1.83 bits per heavy atom. The first-order valence-corrected chi connectivity index (χ1v) is 7.27. The van der Waals surface area contributed by atoms with Crippen molar-refractivity contribution in [3.63, 3.8) is 0 Å². The molecule has 0 aromatic heterocycles. The average molecular weight is 416 g/mol. The van der Waals surface area contributed by atoms with Crippen molar-refractivity contribution in [2.75, 3.05) is 0 Å². The first-order chi connectivity index (χ1) is 8.58. The zero-order valence-corrected chi connectivity index (χ0v) is 13.2. The maximum Gasteiger partial charge on any atom is 0.249 e. The van der Waals surface area contributed by atoms with E-state index in [-0.39, 0.29) is 5.91 Å². The molecule has 0 unspecified atom stereocenters. The Balaban J connectivity index is 2.32. The predicted octanol–water partition coefficient (Wildman–Crippen LogP) is 3.74. The van der Waals surface area contributed by atoms with Crippen LogP contribution in [0.5, 0.6) is 0 Å². The molecule has 0 aliphatic heterocycles. The van der Waals surface area contributed by atoms with E-state index in [1.807, 2.05) is 24.3 Å². The molecular weight excluding hydrogens is 405 g/mol. The predicted molar refractivity (Wildman–Crippen MR) is 84.6 cm³/mol. The van der Waals surface area contributed by atoms with E-state index in [2.05, 4.69) is 50.7 Å². The van der Waals surface area contributed by atoms with Crippen molar-refractivity contribution < 1.29 is 4.79 Å². The topological polar surface area (TPSA) is 43.1 Å². The summed E-state index contributed by atoms with van der Waals surface area (Å²) in [5, 5.41) is 0. The monoisotopic (exact) mass is 415 g/mol. The van der Waals surface area contributed by atoms with Crippen molar-refractivity contribution in [2.24, 2.45) is 5.73 Å². The van der Waals surface area contributed by atoms with Crippen molar-refractivity contribution in [1.29, 1.82) is 0 Å². The van der Waals surface area contributed by atoms with E-state index in [4.69, 9.17) is 5.73 Å². The third kappa shape index (κ3) is 3.11. The van der Waals surface area contributed by atoms with Crippen molar-refractivity contribution in [3.8, 4) is 0 Å². The summed E-state index contributed by atoms with van der Waals surface area (Å²) in [5.41, 5.74) is 8.26. The van der Waals surface area contributed by atoms with Gasteiger partial charge in [0.25, 0.3) is 0 Å². The number of primary amides is 1. The van der Waals surface area contributed by atoms with E-state index in [1.54, 1.807) is 6.07 Å². The molecule has 2 aromatic rings. The summed E-state index contributed by atoms with van der Waals surface area (Å²) in [4.78, 5) is 11.3. The molecule has 1 amide bonds. The lowest BCUT2D eigenvalue weighted by Gasteiger charge is -2.08. The van der Waals surface area contributed by atoms with Gasteiger partial charge in [-0.25, -0.2) is 0 Å². The summed E-state index contributed by atoms with van der Waals surface area (Å²) in [6.07, 6.45) is 0.798. The van der Waals surface area contributed by atoms with Gasteiger partial charge in [-0.15, -0.1) is 0 Å². The Morgan fingerprint density at radius 3 is 2.44 bits per heavy atom. The van der Waals surface area contributed by atoms with Crippen molar-refractivity contribution in [3.05, 3.63) is 67.2 Å². The largest absolute Gasteiger partial charge is 0.366 e. The number of benzene rings is 2. The van der Waals surface area contributed by atoms with Gasteiger partial charge in [0.2, 0.25) is 5.91 Å². The van der Waals surface area contributed by atoms with Crippen LogP contribution in [-0.2, 0) is 6.42 Å². The third-order valence-corrected chi connectivity index (χ3v) is 4.45. The van der Waals surface area contributed by atoms with Crippen LogP contribution in [0.25, 0.3) is 0 Å². The highest BCUT2D eigenvalue weighted by Crippen LogP contribution is 2.21. The lowest BCUT2D eigenvalue weighted by atomic mass is 10.0. The number of carbonyl (C=O) groups is 1. The maximum atomic E-state index is 11.3. The molecule has 0 saturated carbocycles. The molecule has 0 fully saturated rings. The van der Waals surface area contributed by atoms with E-state index in [0.717, 1.165) is 20.0 Å². The standard InChI is InChI=1S/C14H11BrINO/c15-11-6-4-9(5-7-11)8-10-2-1-3-12(13(10)16)14(17)18/h1-7H,8H2,(H2,17,18). The molecule has 2 N–H and O–H groups in total. The van der Waals surface area contributed by atoms with Crippen LogP contribution in [-0.4, -0.2) is 5.91 Å². The Hall–Kier alpha value is -0.880. The number of hydrogen-bond acceptors (Lipinski definition) is 1. The van der Waals surface area contributed by atoms with Crippen LogP contribution in [0.1, 0.15) is 21.5 Å². The molecule has 0 bridgehead atoms. The van der Waals surface area contributed by atoms with Gasteiger partial charge in [-0.05, 0) is 58.3 Å². The van der Waals surface area contributed by atoms with Gasteiger partial charge in [0.1, 0.15) is 0 Å². The van der Waals surface area contributed by atoms with Gasteiger partial charge in [-0.1, -0.05) is 40.2 Å². The van der Waals surface area contributed by atoms with E-state index in [0.29, 0.717) is 5.56 Å². The number of halogens is 2. The van der Waals surface area contributed by atoms with Gasteiger partial charge in [0.15, 0.2) is 0 Å². The van der Waals surface area contributed by atoms with E-state index in [9.17, 15) is 4.79 Å². The minimum atomic E-state index is -0.378. The van der Waals surface area contributed by atoms with Crippen LogP contribution in [0, 0.1) is 3.57 Å². The normalized spacial score (nSPS) is 10.3. The summed E-state index contributed by atoms with van der Waals surface area (Å²) in [7, 11) is 0. The Kier molecular flexibility index (Phi) is 4.40. The highest BCUT2D eigenvalue weighted by atomic mass is 127. The Labute approximate surface area is 128 Å². The zero-order chi connectivity index (χ0) is 13.1. The highest BCUT2D eigenvalue weighted by Gasteiger charge is 2.10. The molecule has 2 aromatic carbocycles.